The molecule has 0 atom stereocenters. The Labute approximate surface area is 255 Å². The highest BCUT2D eigenvalue weighted by Gasteiger charge is 2.20. The van der Waals surface area contributed by atoms with E-state index in [1.807, 2.05) is 13.8 Å². The minimum absolute atomic E-state index is 0.0607. The first-order valence-electron chi connectivity index (χ1n) is 14.6. The van der Waals surface area contributed by atoms with Crippen molar-refractivity contribution in [2.24, 2.45) is 0 Å². The number of aromatic nitrogens is 2. The average molecular weight is 585 g/mol. The molecule has 0 unspecified atom stereocenters. The number of benzene rings is 2. The quantitative estimate of drug-likeness (QED) is 0.217. The molecule has 1 saturated heterocycles. The largest absolute Gasteiger partial charge is 0.368 e. The lowest BCUT2D eigenvalue weighted by Gasteiger charge is -2.37. The van der Waals surface area contributed by atoms with Crippen molar-refractivity contribution in [3.05, 3.63) is 105 Å². The molecule has 41 heavy (non-hydrogen) atoms. The molecule has 0 saturated carbocycles. The second-order valence-corrected chi connectivity index (χ2v) is 13.3. The topological polar surface area (TPSA) is 32.3 Å². The molecule has 1 aliphatic rings. The lowest BCUT2D eigenvalue weighted by molar-refractivity contribution is 0.585. The van der Waals surface area contributed by atoms with E-state index >= 15 is 0 Å². The zero-order valence-corrected chi connectivity index (χ0v) is 27.3. The summed E-state index contributed by atoms with van der Waals surface area (Å²) in [6.07, 6.45) is 0. The molecule has 216 valence electrons. The average Bonchev–Trinajstić information content (AvgIpc) is 3.69. The van der Waals surface area contributed by atoms with Gasteiger partial charge in [-0.1, -0.05) is 85.9 Å². The van der Waals surface area contributed by atoms with Crippen LogP contribution in [0.2, 0.25) is 0 Å². The smallest absolute Gasteiger partial charge is 0.0986 e. The summed E-state index contributed by atoms with van der Waals surface area (Å²) in [5.41, 5.74) is 8.78. The maximum atomic E-state index is 4.84. The van der Waals surface area contributed by atoms with Crippen LogP contribution in [0.25, 0.3) is 11.1 Å². The molecule has 4 aromatic rings. The van der Waals surface area contributed by atoms with Crippen molar-refractivity contribution < 1.29 is 0 Å². The van der Waals surface area contributed by atoms with Crippen LogP contribution in [0.5, 0.6) is 0 Å². The molecule has 4 nitrogen and oxygen atoms in total. The minimum atomic E-state index is 0.0607. The summed E-state index contributed by atoms with van der Waals surface area (Å²) in [7, 11) is 0. The van der Waals surface area contributed by atoms with E-state index in [0.717, 1.165) is 69.9 Å². The van der Waals surface area contributed by atoms with Gasteiger partial charge in [0.2, 0.25) is 0 Å². The standard InChI is InChI=1S/C33H38N4S2.C2H6/c1-22(2)31-34-29(20-38-31)23(3)25-8-12-27(13-9-25)36-16-18-37(19-17-36)28-14-10-26(11-15-28)24(4)30-21-39-32(35-30)33(5,6)7;1-2/h8-15,20-22H,3-4,16-19H2,1-2,5-7H3;1-2H3. The summed E-state index contributed by atoms with van der Waals surface area (Å²) in [5.74, 6) is 0.445. The molecule has 0 bridgehead atoms. The van der Waals surface area contributed by atoms with E-state index in [9.17, 15) is 0 Å². The van der Waals surface area contributed by atoms with Crippen molar-refractivity contribution >= 4 is 45.2 Å². The van der Waals surface area contributed by atoms with E-state index in [0.29, 0.717) is 5.92 Å². The SMILES string of the molecule is C=C(c1ccc(N2CCN(c3ccc(C(=C)c4csc(C(C)(C)C)n4)cc3)CC2)cc1)c1csc(C(C)C)n1.CC. The third-order valence-corrected chi connectivity index (χ3v) is 9.63. The fourth-order valence-electron chi connectivity index (χ4n) is 4.71. The van der Waals surface area contributed by atoms with Crippen molar-refractivity contribution in [1.29, 1.82) is 0 Å². The van der Waals surface area contributed by atoms with Gasteiger partial charge in [-0.3, -0.25) is 0 Å². The zero-order chi connectivity index (χ0) is 29.7. The summed E-state index contributed by atoms with van der Waals surface area (Å²) in [6, 6.07) is 17.6. The summed E-state index contributed by atoms with van der Waals surface area (Å²) < 4.78 is 0. The predicted molar refractivity (Wildman–Crippen MR) is 182 cm³/mol. The zero-order valence-electron chi connectivity index (χ0n) is 25.7. The molecule has 2 aromatic carbocycles. The number of hydrogen-bond donors (Lipinski definition) is 0. The predicted octanol–water partition coefficient (Wildman–Crippen LogP) is 9.50. The van der Waals surface area contributed by atoms with E-state index in [1.165, 1.54) is 11.4 Å². The van der Waals surface area contributed by atoms with Gasteiger partial charge in [0.1, 0.15) is 0 Å². The van der Waals surface area contributed by atoms with Crippen LogP contribution >= 0.6 is 22.7 Å². The van der Waals surface area contributed by atoms with E-state index in [1.54, 1.807) is 22.7 Å². The number of piperazine rings is 1. The molecular weight excluding hydrogens is 541 g/mol. The van der Waals surface area contributed by atoms with Crippen LogP contribution in [0.3, 0.4) is 0 Å². The molecule has 6 heteroatoms. The summed E-state index contributed by atoms with van der Waals surface area (Å²) >= 11 is 3.43. The van der Waals surface area contributed by atoms with Gasteiger partial charge in [-0.05, 0) is 35.4 Å². The third kappa shape index (κ3) is 7.17. The van der Waals surface area contributed by atoms with Gasteiger partial charge < -0.3 is 9.80 Å². The van der Waals surface area contributed by atoms with Crippen LogP contribution in [0, 0.1) is 0 Å². The van der Waals surface area contributed by atoms with Crippen LogP contribution in [0.1, 0.15) is 86.9 Å². The van der Waals surface area contributed by atoms with E-state index in [2.05, 4.69) is 117 Å². The van der Waals surface area contributed by atoms with Crippen molar-refractivity contribution in [2.45, 2.75) is 59.8 Å². The first-order chi connectivity index (χ1) is 19.6. The molecule has 1 fully saturated rings. The van der Waals surface area contributed by atoms with Crippen molar-refractivity contribution in [1.82, 2.24) is 9.97 Å². The van der Waals surface area contributed by atoms with E-state index < -0.39 is 0 Å². The van der Waals surface area contributed by atoms with Gasteiger partial charge in [0.15, 0.2) is 0 Å². The molecule has 0 spiro atoms. The Morgan fingerprint density at radius 1 is 0.707 bits per heavy atom. The van der Waals surface area contributed by atoms with Crippen molar-refractivity contribution in [3.8, 4) is 0 Å². The Morgan fingerprint density at radius 3 is 1.49 bits per heavy atom. The maximum absolute atomic E-state index is 4.84. The third-order valence-electron chi connectivity index (χ3n) is 7.22. The monoisotopic (exact) mass is 584 g/mol. The summed E-state index contributed by atoms with van der Waals surface area (Å²) in [4.78, 5) is 14.5. The summed E-state index contributed by atoms with van der Waals surface area (Å²) in [6.45, 7) is 27.6. The van der Waals surface area contributed by atoms with Crippen LogP contribution in [0.4, 0.5) is 11.4 Å². The maximum Gasteiger partial charge on any atom is 0.0986 e. The van der Waals surface area contributed by atoms with Gasteiger partial charge in [0.05, 0.1) is 21.4 Å². The fourth-order valence-corrected chi connectivity index (χ4v) is 6.49. The van der Waals surface area contributed by atoms with Crippen LogP contribution in [-0.2, 0) is 5.41 Å². The highest BCUT2D eigenvalue weighted by molar-refractivity contribution is 7.10. The van der Waals surface area contributed by atoms with E-state index in [-0.39, 0.29) is 5.41 Å². The Kier molecular flexibility index (Phi) is 9.88. The first kappa shape index (κ1) is 30.7. The normalized spacial score (nSPS) is 13.7. The number of thiazole rings is 2. The molecule has 0 aliphatic carbocycles. The van der Waals surface area contributed by atoms with Crippen LogP contribution in [0.15, 0.2) is 72.4 Å². The Balaban J connectivity index is 0.00000189. The van der Waals surface area contributed by atoms with Crippen molar-refractivity contribution in [2.75, 3.05) is 36.0 Å². The number of nitrogens with zero attached hydrogens (tertiary/aromatic N) is 4. The van der Waals surface area contributed by atoms with Gasteiger partial charge in [-0.15, -0.1) is 22.7 Å². The second kappa shape index (κ2) is 13.2. The fraction of sp³-hybridized carbons (Fsp3) is 0.371. The second-order valence-electron chi connectivity index (χ2n) is 11.5. The Hall–Kier alpha value is -3.22. The molecule has 0 N–H and O–H groups in total. The number of hydrogen-bond acceptors (Lipinski definition) is 6. The van der Waals surface area contributed by atoms with E-state index in [4.69, 9.17) is 9.97 Å². The highest BCUT2D eigenvalue weighted by atomic mass is 32.1. The molecule has 0 amide bonds. The van der Waals surface area contributed by atoms with Gasteiger partial charge in [0, 0.05) is 70.8 Å². The van der Waals surface area contributed by atoms with Gasteiger partial charge >= 0.3 is 0 Å². The Bertz CT molecular complexity index is 1450. The number of anilines is 2. The molecule has 5 rings (SSSR count). The van der Waals surface area contributed by atoms with Gasteiger partial charge in [-0.25, -0.2) is 9.97 Å². The minimum Gasteiger partial charge on any atom is -0.368 e. The lowest BCUT2D eigenvalue weighted by atomic mass is 9.98. The van der Waals surface area contributed by atoms with Gasteiger partial charge in [-0.2, -0.15) is 0 Å². The van der Waals surface area contributed by atoms with Crippen LogP contribution in [-0.4, -0.2) is 36.1 Å². The lowest BCUT2D eigenvalue weighted by Crippen LogP contribution is -2.46. The molecular formula is C35H44N4S2. The summed E-state index contributed by atoms with van der Waals surface area (Å²) in [5, 5.41) is 6.55. The Morgan fingerprint density at radius 2 is 1.12 bits per heavy atom. The van der Waals surface area contributed by atoms with Crippen molar-refractivity contribution in [3.63, 3.8) is 0 Å². The highest BCUT2D eigenvalue weighted by Crippen LogP contribution is 2.32. The molecule has 0 radical (unpaired) electrons. The molecule has 3 heterocycles. The molecule has 2 aromatic heterocycles. The number of rotatable bonds is 7. The molecule has 1 aliphatic heterocycles. The van der Waals surface area contributed by atoms with Gasteiger partial charge in [0.25, 0.3) is 0 Å². The van der Waals surface area contributed by atoms with Crippen LogP contribution < -0.4 is 9.80 Å². The first-order valence-corrected chi connectivity index (χ1v) is 16.4.